The fourth-order valence-corrected chi connectivity index (χ4v) is 1.96. The normalized spacial score (nSPS) is 11.5. The quantitative estimate of drug-likeness (QED) is 0.721. The summed E-state index contributed by atoms with van der Waals surface area (Å²) in [6, 6.07) is 8.31. The summed E-state index contributed by atoms with van der Waals surface area (Å²) >= 11 is 0. The molecule has 4 nitrogen and oxygen atoms in total. The lowest BCUT2D eigenvalue weighted by Crippen LogP contribution is -2.38. The molecule has 0 saturated carbocycles. The van der Waals surface area contributed by atoms with E-state index in [2.05, 4.69) is 62.8 Å². The van der Waals surface area contributed by atoms with Crippen molar-refractivity contribution in [2.75, 3.05) is 13.1 Å². The van der Waals surface area contributed by atoms with Crippen molar-refractivity contribution in [3.05, 3.63) is 48.7 Å². The zero-order chi connectivity index (χ0) is 19.5. The first kappa shape index (κ1) is 22.9. The molecule has 0 saturated heterocycles. The van der Waals surface area contributed by atoms with Gasteiger partial charge in [-0.15, -0.1) is 6.58 Å². The third-order valence-electron chi connectivity index (χ3n) is 3.93. The molecule has 1 amide bonds. The lowest BCUT2D eigenvalue weighted by atomic mass is 9.81. The Labute approximate surface area is 152 Å². The molecule has 0 aliphatic rings. The maximum absolute atomic E-state index is 11.4. The molecular weight excluding hydrogens is 310 g/mol. The molecule has 0 fully saturated rings. The van der Waals surface area contributed by atoms with Gasteiger partial charge in [-0.05, 0) is 30.9 Å². The van der Waals surface area contributed by atoms with E-state index in [1.807, 2.05) is 26.1 Å². The van der Waals surface area contributed by atoms with Crippen molar-refractivity contribution in [3.8, 4) is 0 Å². The summed E-state index contributed by atoms with van der Waals surface area (Å²) in [7, 11) is 0. The number of allylic oxidation sites excluding steroid dienone is 1. The molecular formula is C21H35N3O. The first-order valence-electron chi connectivity index (χ1n) is 8.76. The van der Waals surface area contributed by atoms with Gasteiger partial charge in [0.05, 0.1) is 0 Å². The Balaban J connectivity index is 0.000000401. The standard InChI is InChI=1S/C9H20N2O.C9H9N.C3H6/c1-7(9(2,3)4)8(12)11-6-5-10;1-7-6-10-9-5-3-2-4-8(7)9;1-3-2/h7H,5-6,10H2,1-4H3,(H,11,12);2-6,10H,1H3;3H,1H2,2H3. The second kappa shape index (κ2) is 11.5. The van der Waals surface area contributed by atoms with Crippen LogP contribution in [-0.2, 0) is 4.79 Å². The zero-order valence-electron chi connectivity index (χ0n) is 16.6. The number of carbonyl (C=O) groups excluding carboxylic acids is 1. The van der Waals surface area contributed by atoms with Crippen molar-refractivity contribution >= 4 is 16.8 Å². The molecule has 25 heavy (non-hydrogen) atoms. The topological polar surface area (TPSA) is 70.9 Å². The van der Waals surface area contributed by atoms with Gasteiger partial charge in [0.2, 0.25) is 5.91 Å². The Hall–Kier alpha value is -2.07. The first-order valence-corrected chi connectivity index (χ1v) is 8.76. The fourth-order valence-electron chi connectivity index (χ4n) is 1.96. The fraction of sp³-hybridized carbons (Fsp3) is 0.476. The van der Waals surface area contributed by atoms with Crippen LogP contribution in [0, 0.1) is 18.3 Å². The van der Waals surface area contributed by atoms with Crippen molar-refractivity contribution in [3.63, 3.8) is 0 Å². The van der Waals surface area contributed by atoms with Gasteiger partial charge < -0.3 is 16.0 Å². The van der Waals surface area contributed by atoms with Crippen LogP contribution in [0.4, 0.5) is 0 Å². The summed E-state index contributed by atoms with van der Waals surface area (Å²) in [5.41, 5.74) is 7.84. The van der Waals surface area contributed by atoms with Crippen molar-refractivity contribution in [1.82, 2.24) is 10.3 Å². The number of fused-ring (bicyclic) bond motifs is 1. The molecule has 1 atom stereocenters. The van der Waals surface area contributed by atoms with E-state index in [1.54, 1.807) is 6.08 Å². The number of para-hydroxylation sites is 1. The van der Waals surface area contributed by atoms with E-state index in [1.165, 1.54) is 16.5 Å². The van der Waals surface area contributed by atoms with Crippen LogP contribution < -0.4 is 11.1 Å². The highest BCUT2D eigenvalue weighted by Gasteiger charge is 2.25. The van der Waals surface area contributed by atoms with Crippen LogP contribution in [0.5, 0.6) is 0 Å². The average molecular weight is 346 g/mol. The van der Waals surface area contributed by atoms with Crippen LogP contribution in [0.3, 0.4) is 0 Å². The van der Waals surface area contributed by atoms with Crippen LogP contribution in [-0.4, -0.2) is 24.0 Å². The third-order valence-corrected chi connectivity index (χ3v) is 3.93. The molecule has 4 N–H and O–H groups in total. The Kier molecular flexibility index (Phi) is 10.5. The highest BCUT2D eigenvalue weighted by atomic mass is 16.1. The van der Waals surface area contributed by atoms with E-state index >= 15 is 0 Å². The number of hydrogen-bond donors (Lipinski definition) is 3. The predicted molar refractivity (Wildman–Crippen MR) is 110 cm³/mol. The van der Waals surface area contributed by atoms with Gasteiger partial charge in [0, 0.05) is 36.1 Å². The highest BCUT2D eigenvalue weighted by Crippen LogP contribution is 2.24. The highest BCUT2D eigenvalue weighted by molar-refractivity contribution is 5.82. The summed E-state index contributed by atoms with van der Waals surface area (Å²) in [4.78, 5) is 14.6. The molecule has 2 aromatic rings. The second-order valence-corrected chi connectivity index (χ2v) is 7.09. The Morgan fingerprint density at radius 2 is 1.92 bits per heavy atom. The maximum Gasteiger partial charge on any atom is 0.223 e. The molecule has 0 radical (unpaired) electrons. The number of amides is 1. The number of aromatic amines is 1. The minimum absolute atomic E-state index is 0.0265. The molecule has 1 aromatic carbocycles. The largest absolute Gasteiger partial charge is 0.361 e. The van der Waals surface area contributed by atoms with Crippen molar-refractivity contribution in [2.45, 2.75) is 41.5 Å². The van der Waals surface area contributed by atoms with Gasteiger partial charge in [-0.2, -0.15) is 0 Å². The van der Waals surface area contributed by atoms with E-state index < -0.39 is 0 Å². The molecule has 4 heteroatoms. The Morgan fingerprint density at radius 1 is 1.36 bits per heavy atom. The lowest BCUT2D eigenvalue weighted by Gasteiger charge is -2.25. The molecule has 0 aliphatic carbocycles. The van der Waals surface area contributed by atoms with Gasteiger partial charge >= 0.3 is 0 Å². The van der Waals surface area contributed by atoms with Gasteiger partial charge in [-0.25, -0.2) is 0 Å². The molecule has 0 spiro atoms. The van der Waals surface area contributed by atoms with Gasteiger partial charge in [0.15, 0.2) is 0 Å². The van der Waals surface area contributed by atoms with E-state index in [9.17, 15) is 4.79 Å². The number of nitrogens with one attached hydrogen (secondary N) is 2. The second-order valence-electron chi connectivity index (χ2n) is 7.09. The SMILES string of the molecule is C=CC.CC(C(=O)NCCN)C(C)(C)C.Cc1c[nH]c2ccccc12. The summed E-state index contributed by atoms with van der Waals surface area (Å²) in [5, 5.41) is 4.10. The zero-order valence-corrected chi connectivity index (χ0v) is 16.6. The number of carbonyl (C=O) groups is 1. The first-order chi connectivity index (χ1) is 11.7. The Morgan fingerprint density at radius 3 is 2.40 bits per heavy atom. The maximum atomic E-state index is 11.4. The molecule has 0 aliphatic heterocycles. The van der Waals surface area contributed by atoms with Gasteiger partial charge in [0.1, 0.15) is 0 Å². The molecule has 1 unspecified atom stereocenters. The summed E-state index contributed by atoms with van der Waals surface area (Å²) < 4.78 is 0. The molecule has 1 aromatic heterocycles. The van der Waals surface area contributed by atoms with E-state index in [4.69, 9.17) is 5.73 Å². The van der Waals surface area contributed by atoms with Gasteiger partial charge in [-0.3, -0.25) is 4.79 Å². The minimum Gasteiger partial charge on any atom is -0.361 e. The lowest BCUT2D eigenvalue weighted by molar-refractivity contribution is -0.127. The number of benzene rings is 1. The van der Waals surface area contributed by atoms with Crippen molar-refractivity contribution < 1.29 is 4.79 Å². The summed E-state index contributed by atoms with van der Waals surface area (Å²) in [6.45, 7) is 16.5. The summed E-state index contributed by atoms with van der Waals surface area (Å²) in [6.07, 6.45) is 3.78. The van der Waals surface area contributed by atoms with Gasteiger partial charge in [0.25, 0.3) is 0 Å². The van der Waals surface area contributed by atoms with Crippen molar-refractivity contribution in [1.29, 1.82) is 0 Å². The number of aromatic nitrogens is 1. The van der Waals surface area contributed by atoms with E-state index in [0.29, 0.717) is 13.1 Å². The number of aryl methyl sites for hydroxylation is 1. The van der Waals surface area contributed by atoms with E-state index in [0.717, 1.165) is 0 Å². The van der Waals surface area contributed by atoms with Crippen LogP contribution in [0.2, 0.25) is 0 Å². The molecule has 0 bridgehead atoms. The molecule has 2 rings (SSSR count). The minimum atomic E-state index is 0.0265. The van der Waals surface area contributed by atoms with Gasteiger partial charge in [-0.1, -0.05) is 52.0 Å². The smallest absolute Gasteiger partial charge is 0.223 e. The van der Waals surface area contributed by atoms with Crippen LogP contribution >= 0.6 is 0 Å². The van der Waals surface area contributed by atoms with Crippen LogP contribution in [0.1, 0.15) is 40.2 Å². The van der Waals surface area contributed by atoms with E-state index in [-0.39, 0.29) is 17.2 Å². The number of hydrogen-bond acceptors (Lipinski definition) is 2. The molecule has 1 heterocycles. The Bertz CT molecular complexity index is 638. The van der Waals surface area contributed by atoms with Crippen LogP contribution in [0.15, 0.2) is 43.1 Å². The number of nitrogens with two attached hydrogens (primary N) is 1. The summed E-state index contributed by atoms with van der Waals surface area (Å²) in [5.74, 6) is 0.122. The molecule has 140 valence electrons. The van der Waals surface area contributed by atoms with Crippen LogP contribution in [0.25, 0.3) is 10.9 Å². The number of rotatable bonds is 3. The number of H-pyrrole nitrogens is 1. The van der Waals surface area contributed by atoms with Crippen molar-refractivity contribution in [2.24, 2.45) is 17.1 Å². The monoisotopic (exact) mass is 345 g/mol. The predicted octanol–water partition coefficient (Wildman–Crippen LogP) is 4.41. The third kappa shape index (κ3) is 8.54. The average Bonchev–Trinajstić information content (AvgIpc) is 2.94.